The second-order valence-corrected chi connectivity index (χ2v) is 6.39. The Morgan fingerprint density at radius 2 is 2.04 bits per heavy atom. The molecule has 150 valence electrons. The summed E-state index contributed by atoms with van der Waals surface area (Å²) in [6.07, 6.45) is 7.01. The first-order valence-corrected chi connectivity index (χ1v) is 9.02. The lowest BCUT2D eigenvalue weighted by molar-refractivity contribution is -0.385. The SMILES string of the molecule is CN=C(NCCn1cc([N+](=O)[O-])cn1)N1CCC(=Cc2ccccc2)CC1.I. The van der Waals surface area contributed by atoms with Gasteiger partial charge in [0, 0.05) is 26.7 Å². The number of guanidine groups is 1. The van der Waals surface area contributed by atoms with Gasteiger partial charge in [-0.1, -0.05) is 42.0 Å². The molecule has 1 fully saturated rings. The van der Waals surface area contributed by atoms with Crippen LogP contribution in [0.4, 0.5) is 5.69 Å². The molecule has 28 heavy (non-hydrogen) atoms. The van der Waals surface area contributed by atoms with Gasteiger partial charge >= 0.3 is 5.69 Å². The standard InChI is InChI=1S/C19H24N6O2.HI/c1-20-19(21-9-12-24-15-18(14-22-24)25(26)27)23-10-7-17(8-11-23)13-16-5-3-2-4-6-16;/h2-6,13-15H,7-12H2,1H3,(H,20,21);1H. The van der Waals surface area contributed by atoms with Crippen LogP contribution in [0.25, 0.3) is 6.08 Å². The monoisotopic (exact) mass is 496 g/mol. The Morgan fingerprint density at radius 1 is 1.32 bits per heavy atom. The largest absolute Gasteiger partial charge is 0.354 e. The number of likely N-dealkylation sites (tertiary alicyclic amines) is 1. The Kier molecular flexibility index (Phi) is 8.42. The molecule has 9 heteroatoms. The summed E-state index contributed by atoms with van der Waals surface area (Å²) in [6.45, 7) is 2.99. The summed E-state index contributed by atoms with van der Waals surface area (Å²) in [7, 11) is 1.77. The highest BCUT2D eigenvalue weighted by atomic mass is 127. The van der Waals surface area contributed by atoms with E-state index in [4.69, 9.17) is 0 Å². The van der Waals surface area contributed by atoms with Gasteiger partial charge in [-0.05, 0) is 18.4 Å². The quantitative estimate of drug-likeness (QED) is 0.226. The number of nitro groups is 1. The maximum atomic E-state index is 10.7. The summed E-state index contributed by atoms with van der Waals surface area (Å²) < 4.78 is 1.56. The molecule has 0 amide bonds. The lowest BCUT2D eigenvalue weighted by Gasteiger charge is -2.31. The van der Waals surface area contributed by atoms with E-state index < -0.39 is 4.92 Å². The van der Waals surface area contributed by atoms with Crippen molar-refractivity contribution in [2.45, 2.75) is 19.4 Å². The number of aromatic nitrogens is 2. The number of aliphatic imine (C=N–C) groups is 1. The van der Waals surface area contributed by atoms with Crippen molar-refractivity contribution in [2.75, 3.05) is 26.7 Å². The van der Waals surface area contributed by atoms with Crippen molar-refractivity contribution in [1.29, 1.82) is 0 Å². The molecule has 1 saturated heterocycles. The van der Waals surface area contributed by atoms with Gasteiger partial charge in [-0.2, -0.15) is 5.10 Å². The van der Waals surface area contributed by atoms with Crippen LogP contribution in [0, 0.1) is 10.1 Å². The number of benzene rings is 1. The third-order valence-corrected chi connectivity index (χ3v) is 4.54. The van der Waals surface area contributed by atoms with Gasteiger partial charge in [0.1, 0.15) is 12.4 Å². The van der Waals surface area contributed by atoms with Gasteiger partial charge in [0.25, 0.3) is 0 Å². The Bertz CT molecular complexity index is 824. The molecule has 0 unspecified atom stereocenters. The normalized spacial score (nSPS) is 14.4. The van der Waals surface area contributed by atoms with Crippen molar-refractivity contribution in [2.24, 2.45) is 4.99 Å². The summed E-state index contributed by atoms with van der Waals surface area (Å²) in [5.74, 6) is 0.857. The number of hydrogen-bond acceptors (Lipinski definition) is 4. The van der Waals surface area contributed by atoms with Crippen molar-refractivity contribution in [3.05, 3.63) is 64.0 Å². The minimum Gasteiger partial charge on any atom is -0.354 e. The second-order valence-electron chi connectivity index (χ2n) is 6.39. The van der Waals surface area contributed by atoms with Crippen molar-refractivity contribution >= 4 is 41.7 Å². The zero-order valence-electron chi connectivity index (χ0n) is 15.8. The minimum absolute atomic E-state index is 0. The molecule has 0 aliphatic carbocycles. The molecule has 1 N–H and O–H groups in total. The molecule has 0 spiro atoms. The van der Waals surface area contributed by atoms with Crippen LogP contribution in [0.15, 0.2) is 53.3 Å². The Hall–Kier alpha value is -2.43. The molecule has 8 nitrogen and oxygen atoms in total. The fourth-order valence-corrected chi connectivity index (χ4v) is 3.12. The lowest BCUT2D eigenvalue weighted by atomic mass is 10.0. The minimum atomic E-state index is -0.440. The molecule has 0 atom stereocenters. The van der Waals surface area contributed by atoms with Gasteiger partial charge in [0.15, 0.2) is 5.96 Å². The van der Waals surface area contributed by atoms with E-state index in [9.17, 15) is 10.1 Å². The van der Waals surface area contributed by atoms with Crippen LogP contribution in [-0.4, -0.2) is 52.2 Å². The Balaban J connectivity index is 0.00000280. The number of hydrogen-bond donors (Lipinski definition) is 1. The van der Waals surface area contributed by atoms with E-state index in [1.54, 1.807) is 11.7 Å². The highest BCUT2D eigenvalue weighted by Crippen LogP contribution is 2.19. The molecule has 3 rings (SSSR count). The molecule has 2 aromatic rings. The van der Waals surface area contributed by atoms with E-state index in [-0.39, 0.29) is 29.7 Å². The predicted molar refractivity (Wildman–Crippen MR) is 121 cm³/mol. The first kappa shape index (κ1) is 21.9. The Labute approximate surface area is 181 Å². The molecular formula is C19H25IN6O2. The number of rotatable bonds is 5. The molecule has 1 aromatic carbocycles. The molecule has 0 radical (unpaired) electrons. The second kappa shape index (κ2) is 10.8. The summed E-state index contributed by atoms with van der Waals surface area (Å²) in [6, 6.07) is 10.4. The van der Waals surface area contributed by atoms with Crippen molar-refractivity contribution in [1.82, 2.24) is 20.0 Å². The number of nitrogens with zero attached hydrogens (tertiary/aromatic N) is 5. The Morgan fingerprint density at radius 3 is 2.64 bits per heavy atom. The van der Waals surface area contributed by atoms with Gasteiger partial charge in [-0.25, -0.2) is 0 Å². The topological polar surface area (TPSA) is 88.6 Å². The van der Waals surface area contributed by atoms with Crippen molar-refractivity contribution in [3.8, 4) is 0 Å². The van der Waals surface area contributed by atoms with E-state index in [0.29, 0.717) is 13.1 Å². The maximum absolute atomic E-state index is 10.7. The van der Waals surface area contributed by atoms with Gasteiger partial charge in [-0.3, -0.25) is 19.8 Å². The number of piperidine rings is 1. The van der Waals surface area contributed by atoms with Crippen LogP contribution in [0.2, 0.25) is 0 Å². The van der Waals surface area contributed by atoms with Gasteiger partial charge in [0.05, 0.1) is 11.5 Å². The lowest BCUT2D eigenvalue weighted by Crippen LogP contribution is -2.45. The van der Waals surface area contributed by atoms with Crippen LogP contribution < -0.4 is 5.32 Å². The summed E-state index contributed by atoms with van der Waals surface area (Å²) >= 11 is 0. The third-order valence-electron chi connectivity index (χ3n) is 4.54. The summed E-state index contributed by atoms with van der Waals surface area (Å²) in [5.41, 5.74) is 2.71. The zero-order chi connectivity index (χ0) is 19.1. The average Bonchev–Trinajstić information content (AvgIpc) is 3.16. The molecule has 1 aromatic heterocycles. The third kappa shape index (κ3) is 6.04. The molecule has 2 heterocycles. The molecule has 1 aliphatic rings. The highest BCUT2D eigenvalue weighted by Gasteiger charge is 2.17. The number of halogens is 1. The molecule has 0 bridgehead atoms. The maximum Gasteiger partial charge on any atom is 0.306 e. The van der Waals surface area contributed by atoms with E-state index in [1.165, 1.54) is 23.5 Å². The van der Waals surface area contributed by atoms with Gasteiger partial charge < -0.3 is 10.2 Å². The predicted octanol–water partition coefficient (Wildman–Crippen LogP) is 3.16. The summed E-state index contributed by atoms with van der Waals surface area (Å²) in [5, 5.41) is 18.0. The molecule has 1 aliphatic heterocycles. The van der Waals surface area contributed by atoms with Crippen LogP contribution in [0.3, 0.4) is 0 Å². The first-order valence-electron chi connectivity index (χ1n) is 9.02. The molecular weight excluding hydrogens is 471 g/mol. The fourth-order valence-electron chi connectivity index (χ4n) is 3.12. The van der Waals surface area contributed by atoms with Gasteiger partial charge in [-0.15, -0.1) is 24.0 Å². The van der Waals surface area contributed by atoms with E-state index in [2.05, 4.69) is 50.6 Å². The van der Waals surface area contributed by atoms with E-state index >= 15 is 0 Å². The summed E-state index contributed by atoms with van der Waals surface area (Å²) in [4.78, 5) is 16.9. The van der Waals surface area contributed by atoms with Crippen molar-refractivity contribution in [3.63, 3.8) is 0 Å². The molecule has 0 saturated carbocycles. The van der Waals surface area contributed by atoms with Crippen LogP contribution in [0.5, 0.6) is 0 Å². The van der Waals surface area contributed by atoms with Gasteiger partial charge in [0.2, 0.25) is 0 Å². The first-order chi connectivity index (χ1) is 13.2. The van der Waals surface area contributed by atoms with E-state index in [1.807, 2.05) is 6.07 Å². The number of nitrogens with one attached hydrogen (secondary N) is 1. The zero-order valence-corrected chi connectivity index (χ0v) is 18.2. The highest BCUT2D eigenvalue weighted by molar-refractivity contribution is 14.0. The average molecular weight is 496 g/mol. The van der Waals surface area contributed by atoms with Crippen LogP contribution in [0.1, 0.15) is 18.4 Å². The fraction of sp³-hybridized carbons (Fsp3) is 0.368. The van der Waals surface area contributed by atoms with Crippen LogP contribution in [-0.2, 0) is 6.54 Å². The van der Waals surface area contributed by atoms with Crippen LogP contribution >= 0.6 is 24.0 Å². The smallest absolute Gasteiger partial charge is 0.306 e. The van der Waals surface area contributed by atoms with E-state index in [0.717, 1.165) is 31.9 Å². The van der Waals surface area contributed by atoms with Crippen molar-refractivity contribution < 1.29 is 4.92 Å².